The molecule has 1 aliphatic heterocycles. The van der Waals surface area contributed by atoms with Crippen molar-refractivity contribution in [2.45, 2.75) is 20.3 Å². The van der Waals surface area contributed by atoms with Crippen molar-refractivity contribution < 1.29 is 19.1 Å². The maximum atomic E-state index is 12.8. The standard InChI is InChI=1S/C22H25N3O4/c1-3-23-22(28)18-7-5-6-8-19(18)24-21(27)15-13-20(26)25(14-15)16-9-11-17(12-10-16)29-4-2/h5-12,15H,3-4,13-14H2,1-2H3,(H,23,28)(H,24,27)/t15-/m0/s1. The lowest BCUT2D eigenvalue weighted by Crippen LogP contribution is -2.29. The summed E-state index contributed by atoms with van der Waals surface area (Å²) in [5.74, 6) is -0.382. The molecule has 0 saturated carbocycles. The fourth-order valence-electron chi connectivity index (χ4n) is 3.30. The van der Waals surface area contributed by atoms with E-state index in [1.807, 2.05) is 38.1 Å². The summed E-state index contributed by atoms with van der Waals surface area (Å²) in [5, 5.41) is 5.54. The Balaban J connectivity index is 1.69. The highest BCUT2D eigenvalue weighted by molar-refractivity contribution is 6.07. The molecule has 1 heterocycles. The molecular weight excluding hydrogens is 370 g/mol. The Labute approximate surface area is 170 Å². The van der Waals surface area contributed by atoms with Gasteiger partial charge in [0, 0.05) is 25.2 Å². The normalized spacial score (nSPS) is 15.9. The summed E-state index contributed by atoms with van der Waals surface area (Å²) in [7, 11) is 0. The third kappa shape index (κ3) is 4.74. The molecule has 0 unspecified atom stereocenters. The van der Waals surface area contributed by atoms with Crippen LogP contribution in [0, 0.1) is 5.92 Å². The number of ether oxygens (including phenoxy) is 1. The van der Waals surface area contributed by atoms with E-state index in [-0.39, 0.29) is 24.1 Å². The zero-order chi connectivity index (χ0) is 20.8. The van der Waals surface area contributed by atoms with Gasteiger partial charge in [-0.05, 0) is 50.2 Å². The van der Waals surface area contributed by atoms with Gasteiger partial charge in [0.1, 0.15) is 5.75 Å². The lowest BCUT2D eigenvalue weighted by molar-refractivity contribution is -0.122. The molecule has 7 heteroatoms. The lowest BCUT2D eigenvalue weighted by Gasteiger charge is -2.17. The zero-order valence-electron chi connectivity index (χ0n) is 16.6. The number of benzene rings is 2. The van der Waals surface area contributed by atoms with E-state index in [0.717, 1.165) is 11.4 Å². The Morgan fingerprint density at radius 3 is 2.52 bits per heavy atom. The summed E-state index contributed by atoms with van der Waals surface area (Å²) in [6, 6.07) is 14.1. The van der Waals surface area contributed by atoms with E-state index in [4.69, 9.17) is 4.74 Å². The number of nitrogens with zero attached hydrogens (tertiary/aromatic N) is 1. The molecule has 0 aliphatic carbocycles. The van der Waals surface area contributed by atoms with Gasteiger partial charge < -0.3 is 20.3 Å². The Morgan fingerprint density at radius 2 is 1.83 bits per heavy atom. The average Bonchev–Trinajstić information content (AvgIpc) is 3.11. The molecule has 0 radical (unpaired) electrons. The van der Waals surface area contributed by atoms with Gasteiger partial charge in [0.15, 0.2) is 0 Å². The number of para-hydroxylation sites is 1. The minimum Gasteiger partial charge on any atom is -0.494 e. The van der Waals surface area contributed by atoms with Crippen LogP contribution in [0.25, 0.3) is 0 Å². The first-order chi connectivity index (χ1) is 14.0. The second-order valence-corrected chi connectivity index (χ2v) is 6.73. The molecular formula is C22H25N3O4. The van der Waals surface area contributed by atoms with Gasteiger partial charge in [-0.2, -0.15) is 0 Å². The number of carbonyl (C=O) groups excluding carboxylic acids is 3. The number of amides is 3. The van der Waals surface area contributed by atoms with Crippen molar-refractivity contribution in [3.8, 4) is 5.75 Å². The summed E-state index contributed by atoms with van der Waals surface area (Å²) in [5.41, 5.74) is 1.57. The van der Waals surface area contributed by atoms with Crippen molar-refractivity contribution in [3.05, 3.63) is 54.1 Å². The summed E-state index contributed by atoms with van der Waals surface area (Å²) in [6.07, 6.45) is 0.127. The molecule has 0 aromatic heterocycles. The number of nitrogens with one attached hydrogen (secondary N) is 2. The molecule has 3 amide bonds. The SMILES string of the molecule is CCNC(=O)c1ccccc1NC(=O)[C@H]1CC(=O)N(c2ccc(OCC)cc2)C1. The number of anilines is 2. The van der Waals surface area contributed by atoms with Crippen molar-refractivity contribution in [2.24, 2.45) is 5.92 Å². The van der Waals surface area contributed by atoms with Crippen LogP contribution in [0.2, 0.25) is 0 Å². The van der Waals surface area contributed by atoms with E-state index in [0.29, 0.717) is 30.9 Å². The van der Waals surface area contributed by atoms with Crippen LogP contribution in [0.3, 0.4) is 0 Å². The van der Waals surface area contributed by atoms with Crippen LogP contribution in [0.1, 0.15) is 30.6 Å². The fraction of sp³-hybridized carbons (Fsp3) is 0.318. The summed E-state index contributed by atoms with van der Waals surface area (Å²) in [4.78, 5) is 39.0. The van der Waals surface area contributed by atoms with Gasteiger partial charge in [0.05, 0.1) is 23.8 Å². The van der Waals surface area contributed by atoms with Crippen molar-refractivity contribution in [2.75, 3.05) is 29.9 Å². The second-order valence-electron chi connectivity index (χ2n) is 6.73. The van der Waals surface area contributed by atoms with E-state index < -0.39 is 5.92 Å². The third-order valence-electron chi connectivity index (χ3n) is 4.72. The first kappa shape index (κ1) is 20.4. The van der Waals surface area contributed by atoms with E-state index in [2.05, 4.69) is 10.6 Å². The average molecular weight is 395 g/mol. The summed E-state index contributed by atoms with van der Waals surface area (Å²) in [6.45, 7) is 5.10. The van der Waals surface area contributed by atoms with Crippen LogP contribution in [0.4, 0.5) is 11.4 Å². The van der Waals surface area contributed by atoms with Gasteiger partial charge in [-0.25, -0.2) is 0 Å². The maximum Gasteiger partial charge on any atom is 0.253 e. The number of rotatable bonds is 7. The molecule has 1 aliphatic rings. The second kappa shape index (κ2) is 9.23. The smallest absolute Gasteiger partial charge is 0.253 e. The minimum absolute atomic E-state index is 0.105. The Morgan fingerprint density at radius 1 is 1.10 bits per heavy atom. The molecule has 3 rings (SSSR count). The van der Waals surface area contributed by atoms with Crippen molar-refractivity contribution >= 4 is 29.1 Å². The number of hydrogen-bond acceptors (Lipinski definition) is 4. The summed E-state index contributed by atoms with van der Waals surface area (Å²) < 4.78 is 5.42. The van der Waals surface area contributed by atoms with Crippen molar-refractivity contribution in [1.82, 2.24) is 5.32 Å². The number of carbonyl (C=O) groups is 3. The first-order valence-electron chi connectivity index (χ1n) is 9.74. The maximum absolute atomic E-state index is 12.8. The lowest BCUT2D eigenvalue weighted by atomic mass is 10.1. The topological polar surface area (TPSA) is 87.7 Å². The van der Waals surface area contributed by atoms with Gasteiger partial charge in [-0.3, -0.25) is 14.4 Å². The van der Waals surface area contributed by atoms with Gasteiger partial charge in [-0.15, -0.1) is 0 Å². The van der Waals surface area contributed by atoms with Crippen LogP contribution in [0.15, 0.2) is 48.5 Å². The Bertz CT molecular complexity index is 895. The molecule has 7 nitrogen and oxygen atoms in total. The largest absolute Gasteiger partial charge is 0.494 e. The van der Waals surface area contributed by atoms with Crippen LogP contribution in [-0.4, -0.2) is 37.4 Å². The van der Waals surface area contributed by atoms with E-state index in [9.17, 15) is 14.4 Å². The van der Waals surface area contributed by atoms with Crippen molar-refractivity contribution in [1.29, 1.82) is 0 Å². The zero-order valence-corrected chi connectivity index (χ0v) is 16.6. The molecule has 29 heavy (non-hydrogen) atoms. The van der Waals surface area contributed by atoms with Crippen LogP contribution < -0.4 is 20.3 Å². The van der Waals surface area contributed by atoms with E-state index >= 15 is 0 Å². The highest BCUT2D eigenvalue weighted by Gasteiger charge is 2.35. The molecule has 1 saturated heterocycles. The Hall–Kier alpha value is -3.35. The molecule has 1 atom stereocenters. The van der Waals surface area contributed by atoms with Crippen LogP contribution >= 0.6 is 0 Å². The fourth-order valence-corrected chi connectivity index (χ4v) is 3.30. The quantitative estimate of drug-likeness (QED) is 0.755. The van der Waals surface area contributed by atoms with Crippen LogP contribution in [0.5, 0.6) is 5.75 Å². The van der Waals surface area contributed by atoms with E-state index in [1.54, 1.807) is 29.2 Å². The molecule has 152 valence electrons. The Kier molecular flexibility index (Phi) is 6.49. The van der Waals surface area contributed by atoms with Gasteiger partial charge in [-0.1, -0.05) is 12.1 Å². The molecule has 1 fully saturated rings. The predicted octanol–water partition coefficient (Wildman–Crippen LogP) is 2.83. The minimum atomic E-state index is -0.489. The first-order valence-corrected chi connectivity index (χ1v) is 9.74. The van der Waals surface area contributed by atoms with E-state index in [1.165, 1.54) is 0 Å². The molecule has 2 aromatic rings. The van der Waals surface area contributed by atoms with Gasteiger partial charge in [0.25, 0.3) is 5.91 Å². The molecule has 2 N–H and O–H groups in total. The third-order valence-corrected chi connectivity index (χ3v) is 4.72. The summed E-state index contributed by atoms with van der Waals surface area (Å²) >= 11 is 0. The van der Waals surface area contributed by atoms with Crippen LogP contribution in [-0.2, 0) is 9.59 Å². The molecule has 2 aromatic carbocycles. The van der Waals surface area contributed by atoms with Gasteiger partial charge in [0.2, 0.25) is 11.8 Å². The predicted molar refractivity (Wildman–Crippen MR) is 111 cm³/mol. The highest BCUT2D eigenvalue weighted by Crippen LogP contribution is 2.28. The number of hydrogen-bond donors (Lipinski definition) is 2. The van der Waals surface area contributed by atoms with Crippen molar-refractivity contribution in [3.63, 3.8) is 0 Å². The molecule has 0 spiro atoms. The monoisotopic (exact) mass is 395 g/mol. The molecule has 0 bridgehead atoms. The van der Waals surface area contributed by atoms with Gasteiger partial charge >= 0.3 is 0 Å². The highest BCUT2D eigenvalue weighted by atomic mass is 16.5.